The van der Waals surface area contributed by atoms with Gasteiger partial charge >= 0.3 is 0 Å². The normalized spacial score (nSPS) is 16.7. The first-order valence-electron chi connectivity index (χ1n) is 9.01. The van der Waals surface area contributed by atoms with E-state index in [9.17, 15) is 13.2 Å². The Morgan fingerprint density at radius 3 is 2.79 bits per heavy atom. The lowest BCUT2D eigenvalue weighted by atomic mass is 10.2. The molecular formula is C19H20N4O3S2. The summed E-state index contributed by atoms with van der Waals surface area (Å²) in [5, 5.41) is 6.69. The van der Waals surface area contributed by atoms with Crippen LogP contribution in [0.4, 0.5) is 11.4 Å². The van der Waals surface area contributed by atoms with Crippen LogP contribution < -0.4 is 15.5 Å². The van der Waals surface area contributed by atoms with E-state index in [0.29, 0.717) is 23.8 Å². The number of benzene rings is 2. The molecule has 7 nitrogen and oxygen atoms in total. The molecule has 2 aliphatic rings. The van der Waals surface area contributed by atoms with Gasteiger partial charge in [0.2, 0.25) is 0 Å². The first-order chi connectivity index (χ1) is 13.5. The summed E-state index contributed by atoms with van der Waals surface area (Å²) in [4.78, 5) is 15.2. The molecule has 0 atom stereocenters. The van der Waals surface area contributed by atoms with E-state index in [1.54, 1.807) is 12.1 Å². The first-order valence-corrected chi connectivity index (χ1v) is 11.4. The van der Waals surface area contributed by atoms with E-state index in [4.69, 9.17) is 0 Å². The van der Waals surface area contributed by atoms with Crippen molar-refractivity contribution in [2.75, 3.05) is 35.6 Å². The van der Waals surface area contributed by atoms with Gasteiger partial charge in [0, 0.05) is 35.8 Å². The minimum Gasteiger partial charge on any atom is -0.385 e. The maximum atomic E-state index is 12.4. The molecule has 2 N–H and O–H groups in total. The highest BCUT2D eigenvalue weighted by molar-refractivity contribution is 8.15. The number of anilines is 2. The Balaban J connectivity index is 1.32. The van der Waals surface area contributed by atoms with Gasteiger partial charge in [-0.2, -0.15) is 0 Å². The standard InChI is InChI=1S/C19H20N4O3S2/c24-18(21-10-4-9-20-15-5-2-1-3-6-15)14-7-8-16-17(13-14)27-19-22-28(25,26)12-11-23(16)19/h1-3,5-8,13,20H,4,9-12H2,(H,21,24). The van der Waals surface area contributed by atoms with Crippen LogP contribution in [0.3, 0.4) is 0 Å². The molecule has 2 aliphatic heterocycles. The van der Waals surface area contributed by atoms with Crippen molar-refractivity contribution in [2.24, 2.45) is 4.40 Å². The van der Waals surface area contributed by atoms with E-state index in [2.05, 4.69) is 15.0 Å². The second kappa shape index (κ2) is 7.84. The van der Waals surface area contributed by atoms with Gasteiger partial charge in [0.15, 0.2) is 5.17 Å². The van der Waals surface area contributed by atoms with Crippen LogP contribution in [-0.2, 0) is 10.0 Å². The number of carbonyl (C=O) groups is 1. The molecule has 2 aromatic rings. The Labute approximate surface area is 168 Å². The molecule has 28 heavy (non-hydrogen) atoms. The smallest absolute Gasteiger partial charge is 0.257 e. The highest BCUT2D eigenvalue weighted by Gasteiger charge is 2.33. The molecule has 0 fully saturated rings. The van der Waals surface area contributed by atoms with E-state index >= 15 is 0 Å². The number of para-hydroxylation sites is 1. The average Bonchev–Trinajstić information content (AvgIpc) is 3.03. The fourth-order valence-electron chi connectivity index (χ4n) is 3.05. The molecule has 9 heteroatoms. The van der Waals surface area contributed by atoms with Crippen LogP contribution >= 0.6 is 11.8 Å². The number of thioether (sulfide) groups is 1. The number of hydrogen-bond donors (Lipinski definition) is 2. The summed E-state index contributed by atoms with van der Waals surface area (Å²) in [5.41, 5.74) is 2.53. The zero-order valence-corrected chi connectivity index (χ0v) is 16.7. The lowest BCUT2D eigenvalue weighted by molar-refractivity contribution is 0.0953. The van der Waals surface area contributed by atoms with Crippen molar-refractivity contribution in [3.63, 3.8) is 0 Å². The number of hydrogen-bond acceptors (Lipinski definition) is 6. The van der Waals surface area contributed by atoms with Crippen molar-refractivity contribution in [2.45, 2.75) is 11.3 Å². The van der Waals surface area contributed by atoms with Gasteiger partial charge < -0.3 is 15.5 Å². The summed E-state index contributed by atoms with van der Waals surface area (Å²) in [5.74, 6) is -0.127. The van der Waals surface area contributed by atoms with Crippen molar-refractivity contribution in [3.8, 4) is 0 Å². The second-order valence-corrected chi connectivity index (χ2v) is 9.26. The molecule has 2 aromatic carbocycles. The second-order valence-electron chi connectivity index (χ2n) is 6.50. The number of fused-ring (bicyclic) bond motifs is 3. The van der Waals surface area contributed by atoms with Crippen LogP contribution in [0.15, 0.2) is 57.8 Å². The number of carbonyl (C=O) groups excluding carboxylic acids is 1. The summed E-state index contributed by atoms with van der Waals surface area (Å²) in [6.07, 6.45) is 0.808. The Hall–Kier alpha value is -2.52. The molecule has 0 saturated carbocycles. The van der Waals surface area contributed by atoms with Crippen LogP contribution in [-0.4, -0.2) is 44.9 Å². The van der Waals surface area contributed by atoms with Crippen molar-refractivity contribution in [1.29, 1.82) is 0 Å². The first kappa shape index (κ1) is 18.8. The van der Waals surface area contributed by atoms with Gasteiger partial charge in [-0.1, -0.05) is 18.2 Å². The molecular weight excluding hydrogens is 396 g/mol. The number of amides is 1. The zero-order valence-electron chi connectivity index (χ0n) is 15.1. The monoisotopic (exact) mass is 416 g/mol. The molecule has 0 unspecified atom stereocenters. The van der Waals surface area contributed by atoms with Crippen LogP contribution in [0.5, 0.6) is 0 Å². The Morgan fingerprint density at radius 1 is 1.14 bits per heavy atom. The number of nitrogens with zero attached hydrogens (tertiary/aromatic N) is 2. The van der Waals surface area contributed by atoms with Gasteiger partial charge in [0.05, 0.1) is 11.4 Å². The predicted molar refractivity (Wildman–Crippen MR) is 113 cm³/mol. The minimum atomic E-state index is -3.38. The average molecular weight is 417 g/mol. The lowest BCUT2D eigenvalue weighted by Gasteiger charge is -2.22. The van der Waals surface area contributed by atoms with Crippen molar-refractivity contribution < 1.29 is 13.2 Å². The largest absolute Gasteiger partial charge is 0.385 e. The fraction of sp³-hybridized carbons (Fsp3) is 0.263. The highest BCUT2D eigenvalue weighted by atomic mass is 32.2. The van der Waals surface area contributed by atoms with E-state index in [-0.39, 0.29) is 11.7 Å². The van der Waals surface area contributed by atoms with Crippen LogP contribution in [0, 0.1) is 0 Å². The van der Waals surface area contributed by atoms with E-state index < -0.39 is 10.0 Å². The van der Waals surface area contributed by atoms with E-state index in [0.717, 1.165) is 29.2 Å². The topological polar surface area (TPSA) is 90.9 Å². The molecule has 0 aromatic heterocycles. The van der Waals surface area contributed by atoms with Crippen LogP contribution in [0.1, 0.15) is 16.8 Å². The maximum Gasteiger partial charge on any atom is 0.257 e. The van der Waals surface area contributed by atoms with Gasteiger partial charge in [-0.3, -0.25) is 4.79 Å². The molecule has 4 rings (SSSR count). The molecule has 0 radical (unpaired) electrons. The van der Waals surface area contributed by atoms with Crippen molar-refractivity contribution in [3.05, 3.63) is 54.1 Å². The summed E-state index contributed by atoms with van der Waals surface area (Å²) < 4.78 is 27.2. The molecule has 0 spiro atoms. The highest BCUT2D eigenvalue weighted by Crippen LogP contribution is 2.42. The van der Waals surface area contributed by atoms with Gasteiger partial charge in [-0.05, 0) is 48.5 Å². The third kappa shape index (κ3) is 4.15. The third-order valence-electron chi connectivity index (χ3n) is 4.48. The number of amidine groups is 1. The van der Waals surface area contributed by atoms with Gasteiger partial charge in [0.1, 0.15) is 0 Å². The van der Waals surface area contributed by atoms with Crippen LogP contribution in [0.2, 0.25) is 0 Å². The number of nitrogens with one attached hydrogen (secondary N) is 2. The number of rotatable bonds is 6. The summed E-state index contributed by atoms with van der Waals surface area (Å²) in [6.45, 7) is 1.73. The number of sulfonamides is 1. The van der Waals surface area contributed by atoms with E-state index in [1.165, 1.54) is 11.8 Å². The van der Waals surface area contributed by atoms with Gasteiger partial charge in [0.25, 0.3) is 15.9 Å². The fourth-order valence-corrected chi connectivity index (χ4v) is 5.35. The zero-order chi connectivity index (χ0) is 19.6. The molecule has 1 amide bonds. The summed E-state index contributed by atoms with van der Waals surface area (Å²) in [6, 6.07) is 15.3. The minimum absolute atomic E-state index is 0.00968. The van der Waals surface area contributed by atoms with Crippen molar-refractivity contribution in [1.82, 2.24) is 5.32 Å². The summed E-state index contributed by atoms with van der Waals surface area (Å²) >= 11 is 1.29. The van der Waals surface area contributed by atoms with E-state index in [1.807, 2.05) is 41.3 Å². The van der Waals surface area contributed by atoms with Crippen molar-refractivity contribution >= 4 is 44.2 Å². The molecule has 146 valence electrons. The SMILES string of the molecule is O=C(NCCCNc1ccccc1)c1ccc2c(c1)SC1=NS(=O)(=O)CCN12. The van der Waals surface area contributed by atoms with Crippen LogP contribution in [0.25, 0.3) is 0 Å². The molecule has 0 saturated heterocycles. The molecule has 0 aliphatic carbocycles. The summed E-state index contributed by atoms with van der Waals surface area (Å²) in [7, 11) is -3.38. The Kier molecular flexibility index (Phi) is 5.27. The van der Waals surface area contributed by atoms with Gasteiger partial charge in [-0.25, -0.2) is 8.42 Å². The molecule has 2 heterocycles. The molecule has 0 bridgehead atoms. The Bertz CT molecular complexity index is 1020. The Morgan fingerprint density at radius 2 is 1.96 bits per heavy atom. The third-order valence-corrected chi connectivity index (χ3v) is 6.78. The lowest BCUT2D eigenvalue weighted by Crippen LogP contribution is -2.35. The predicted octanol–water partition coefficient (Wildman–Crippen LogP) is 2.53. The maximum absolute atomic E-state index is 12.4. The quantitative estimate of drug-likeness (QED) is 0.704. The van der Waals surface area contributed by atoms with Gasteiger partial charge in [-0.15, -0.1) is 4.40 Å².